The highest BCUT2D eigenvalue weighted by atomic mass is 32.1. The highest BCUT2D eigenvalue weighted by Crippen LogP contribution is 2.23. The van der Waals surface area contributed by atoms with Crippen LogP contribution in [0.25, 0.3) is 0 Å². The lowest BCUT2D eigenvalue weighted by Crippen LogP contribution is -2.34. The fourth-order valence-corrected chi connectivity index (χ4v) is 2.54. The van der Waals surface area contributed by atoms with Gasteiger partial charge in [-0.3, -0.25) is 10.1 Å². The van der Waals surface area contributed by atoms with Crippen LogP contribution < -0.4 is 15.4 Å². The van der Waals surface area contributed by atoms with Crippen LogP contribution in [0.15, 0.2) is 78.9 Å². The smallest absolute Gasteiger partial charge is 0.257 e. The minimum absolute atomic E-state index is 0.152. The van der Waals surface area contributed by atoms with Crippen molar-refractivity contribution in [2.75, 3.05) is 5.32 Å². The predicted molar refractivity (Wildman–Crippen MR) is 108 cm³/mol. The first kappa shape index (κ1) is 18.1. The second-order valence-corrected chi connectivity index (χ2v) is 5.95. The highest BCUT2D eigenvalue weighted by molar-refractivity contribution is 7.80. The van der Waals surface area contributed by atoms with Crippen LogP contribution >= 0.6 is 12.2 Å². The van der Waals surface area contributed by atoms with Crippen LogP contribution in [-0.4, -0.2) is 11.0 Å². The number of nitriles is 1. The SMILES string of the molecule is N#Cc1cccc(C(=O)NC(=S)Nc2cccc(Oc3ccccc3)c2)c1. The third kappa shape index (κ3) is 5.14. The Kier molecular flexibility index (Phi) is 5.77. The van der Waals surface area contributed by atoms with E-state index in [-0.39, 0.29) is 11.0 Å². The van der Waals surface area contributed by atoms with Crippen LogP contribution in [0, 0.1) is 11.3 Å². The van der Waals surface area contributed by atoms with Gasteiger partial charge in [0.05, 0.1) is 11.6 Å². The van der Waals surface area contributed by atoms with E-state index in [1.807, 2.05) is 54.6 Å². The van der Waals surface area contributed by atoms with Gasteiger partial charge in [0.1, 0.15) is 11.5 Å². The summed E-state index contributed by atoms with van der Waals surface area (Å²) < 4.78 is 5.78. The molecule has 0 spiro atoms. The minimum Gasteiger partial charge on any atom is -0.457 e. The number of thiocarbonyl (C=S) groups is 1. The molecule has 6 heteroatoms. The number of carbonyl (C=O) groups is 1. The maximum atomic E-state index is 12.2. The molecule has 0 aliphatic rings. The maximum absolute atomic E-state index is 12.2. The van der Waals surface area contributed by atoms with Crippen LogP contribution in [-0.2, 0) is 0 Å². The Labute approximate surface area is 162 Å². The summed E-state index contributed by atoms with van der Waals surface area (Å²) in [4.78, 5) is 12.2. The Bertz CT molecular complexity index is 1010. The largest absolute Gasteiger partial charge is 0.457 e. The topological polar surface area (TPSA) is 74.2 Å². The fraction of sp³-hybridized carbons (Fsp3) is 0. The summed E-state index contributed by atoms with van der Waals surface area (Å²) in [5, 5.41) is 14.6. The number of ether oxygens (including phenoxy) is 1. The molecule has 1 amide bonds. The molecule has 0 atom stereocenters. The van der Waals surface area contributed by atoms with Crippen molar-refractivity contribution in [2.45, 2.75) is 0 Å². The molecule has 5 nitrogen and oxygen atoms in total. The average Bonchev–Trinajstić information content (AvgIpc) is 2.69. The van der Waals surface area contributed by atoms with Crippen LogP contribution in [0.2, 0.25) is 0 Å². The molecule has 132 valence electrons. The number of hydrogen-bond acceptors (Lipinski definition) is 4. The molecule has 0 aliphatic heterocycles. The van der Waals surface area contributed by atoms with Crippen LogP contribution in [0.3, 0.4) is 0 Å². The van der Waals surface area contributed by atoms with Crippen molar-refractivity contribution in [1.29, 1.82) is 5.26 Å². The standard InChI is InChI=1S/C21H15N3O2S/c22-14-15-6-4-7-16(12-15)20(25)24-21(27)23-17-8-5-11-19(13-17)26-18-9-2-1-3-10-18/h1-13H,(H2,23,24,25,27). The molecule has 0 heterocycles. The van der Waals surface area contributed by atoms with Crippen molar-refractivity contribution in [2.24, 2.45) is 0 Å². The fourth-order valence-electron chi connectivity index (χ4n) is 2.33. The van der Waals surface area contributed by atoms with Gasteiger partial charge in [-0.2, -0.15) is 5.26 Å². The molecule has 0 aromatic heterocycles. The Hall–Kier alpha value is -3.69. The Morgan fingerprint density at radius 2 is 1.67 bits per heavy atom. The molecule has 0 bridgehead atoms. The van der Waals surface area contributed by atoms with Crippen LogP contribution in [0.5, 0.6) is 11.5 Å². The zero-order valence-corrected chi connectivity index (χ0v) is 15.0. The van der Waals surface area contributed by atoms with E-state index in [1.54, 1.807) is 24.3 Å². The predicted octanol–water partition coefficient (Wildman–Crippen LogP) is 4.48. The Balaban J connectivity index is 1.63. The first-order valence-corrected chi connectivity index (χ1v) is 8.50. The van der Waals surface area contributed by atoms with Crippen molar-refractivity contribution >= 4 is 28.9 Å². The number of carbonyl (C=O) groups excluding carboxylic acids is 1. The summed E-state index contributed by atoms with van der Waals surface area (Å²) in [5.74, 6) is 0.978. The normalized spacial score (nSPS) is 9.74. The molecule has 3 aromatic carbocycles. The van der Waals surface area contributed by atoms with Gasteiger partial charge in [0.25, 0.3) is 5.91 Å². The number of para-hydroxylation sites is 1. The number of nitrogens with one attached hydrogen (secondary N) is 2. The van der Waals surface area contributed by atoms with Crippen LogP contribution in [0.1, 0.15) is 15.9 Å². The van der Waals surface area contributed by atoms with Crippen molar-refractivity contribution in [3.63, 3.8) is 0 Å². The number of amides is 1. The molecular formula is C21H15N3O2S. The summed E-state index contributed by atoms with van der Waals surface area (Å²) in [6.45, 7) is 0. The van der Waals surface area contributed by atoms with Gasteiger partial charge >= 0.3 is 0 Å². The highest BCUT2D eigenvalue weighted by Gasteiger charge is 2.09. The van der Waals surface area contributed by atoms with Gasteiger partial charge in [-0.05, 0) is 54.7 Å². The van der Waals surface area contributed by atoms with E-state index in [0.29, 0.717) is 22.6 Å². The molecule has 0 fully saturated rings. The lowest BCUT2D eigenvalue weighted by molar-refractivity contribution is 0.0977. The molecule has 0 saturated heterocycles. The summed E-state index contributed by atoms with van der Waals surface area (Å²) in [6.07, 6.45) is 0. The summed E-state index contributed by atoms with van der Waals surface area (Å²) >= 11 is 5.20. The monoisotopic (exact) mass is 373 g/mol. The van der Waals surface area contributed by atoms with Crippen molar-refractivity contribution in [3.8, 4) is 17.6 Å². The van der Waals surface area contributed by atoms with E-state index in [9.17, 15) is 4.79 Å². The van der Waals surface area contributed by atoms with Gasteiger partial charge in [-0.25, -0.2) is 0 Å². The average molecular weight is 373 g/mol. The van der Waals surface area contributed by atoms with E-state index in [4.69, 9.17) is 22.2 Å². The minimum atomic E-state index is -0.388. The summed E-state index contributed by atoms with van der Waals surface area (Å²) in [7, 11) is 0. The molecule has 0 radical (unpaired) electrons. The first-order chi connectivity index (χ1) is 13.1. The molecule has 3 aromatic rings. The van der Waals surface area contributed by atoms with Gasteiger partial charge in [0.15, 0.2) is 5.11 Å². The van der Waals surface area contributed by atoms with E-state index < -0.39 is 0 Å². The molecule has 3 rings (SSSR count). The van der Waals surface area contributed by atoms with E-state index in [0.717, 1.165) is 5.75 Å². The van der Waals surface area contributed by atoms with Crippen molar-refractivity contribution in [1.82, 2.24) is 5.32 Å². The number of hydrogen-bond donors (Lipinski definition) is 2. The van der Waals surface area contributed by atoms with Gasteiger partial charge in [0.2, 0.25) is 0 Å². The van der Waals surface area contributed by atoms with Crippen LogP contribution in [0.4, 0.5) is 5.69 Å². The molecule has 0 aliphatic carbocycles. The van der Waals surface area contributed by atoms with E-state index >= 15 is 0 Å². The second kappa shape index (κ2) is 8.61. The van der Waals surface area contributed by atoms with E-state index in [1.165, 1.54) is 6.07 Å². The number of anilines is 1. The van der Waals surface area contributed by atoms with Gasteiger partial charge < -0.3 is 10.1 Å². The molecule has 0 unspecified atom stereocenters. The number of rotatable bonds is 4. The van der Waals surface area contributed by atoms with Crippen molar-refractivity contribution < 1.29 is 9.53 Å². The maximum Gasteiger partial charge on any atom is 0.257 e. The molecular weight excluding hydrogens is 358 g/mol. The third-order valence-electron chi connectivity index (χ3n) is 3.55. The Morgan fingerprint density at radius 1 is 0.926 bits per heavy atom. The Morgan fingerprint density at radius 3 is 2.44 bits per heavy atom. The van der Waals surface area contributed by atoms with Crippen molar-refractivity contribution in [3.05, 3.63) is 90.0 Å². The molecule has 0 saturated carbocycles. The van der Waals surface area contributed by atoms with E-state index in [2.05, 4.69) is 10.6 Å². The van der Waals surface area contributed by atoms with Gasteiger partial charge in [-0.15, -0.1) is 0 Å². The quantitative estimate of drug-likeness (QED) is 0.660. The lowest BCUT2D eigenvalue weighted by Gasteiger charge is -2.11. The van der Waals surface area contributed by atoms with Gasteiger partial charge in [0, 0.05) is 17.3 Å². The summed E-state index contributed by atoms with van der Waals surface area (Å²) in [6, 6.07) is 25.1. The van der Waals surface area contributed by atoms with Gasteiger partial charge in [-0.1, -0.05) is 30.3 Å². The molecule has 27 heavy (non-hydrogen) atoms. The lowest BCUT2D eigenvalue weighted by atomic mass is 10.1. The first-order valence-electron chi connectivity index (χ1n) is 8.09. The number of benzene rings is 3. The number of nitrogens with zero attached hydrogens (tertiary/aromatic N) is 1. The summed E-state index contributed by atoms with van der Waals surface area (Å²) in [5.41, 5.74) is 1.45. The zero-order chi connectivity index (χ0) is 19.1. The third-order valence-corrected chi connectivity index (χ3v) is 3.76. The second-order valence-electron chi connectivity index (χ2n) is 5.54. The zero-order valence-electron chi connectivity index (χ0n) is 14.2. The molecule has 2 N–H and O–H groups in total.